The number of rotatable bonds is 5. The molecule has 0 fully saturated rings. The third-order valence-electron chi connectivity index (χ3n) is 2.07. The minimum absolute atomic E-state index is 0.313. The van der Waals surface area contributed by atoms with Crippen molar-refractivity contribution in [1.82, 2.24) is 0 Å². The van der Waals surface area contributed by atoms with Gasteiger partial charge in [-0.2, -0.15) is 0 Å². The van der Waals surface area contributed by atoms with Gasteiger partial charge in [0.15, 0.2) is 0 Å². The van der Waals surface area contributed by atoms with Crippen LogP contribution in [0.1, 0.15) is 12.0 Å². The molecular weight excluding hydrogens is 414 g/mol. The van der Waals surface area contributed by atoms with Crippen LogP contribution in [0.4, 0.5) is 0 Å². The first-order chi connectivity index (χ1) is 7.22. The lowest BCUT2D eigenvalue weighted by Crippen LogP contribution is -2.04. The van der Waals surface area contributed by atoms with Gasteiger partial charge in [0.2, 0.25) is 0 Å². The number of aryl methyl sites for hydroxylation is 1. The second kappa shape index (κ2) is 7.62. The molecule has 1 atom stereocenters. The first-order valence-corrected chi connectivity index (χ1v) is 7.47. The summed E-state index contributed by atoms with van der Waals surface area (Å²) in [6.45, 7) is 0. The molecule has 1 N–H and O–H groups in total. The lowest BCUT2D eigenvalue weighted by molar-refractivity contribution is 0.213. The summed E-state index contributed by atoms with van der Waals surface area (Å²) in [6.07, 6.45) is 3.36. The normalized spacial score (nSPS) is 13.9. The Balaban J connectivity index is 2.38. The molecule has 0 radical (unpaired) electrons. The molecule has 0 aliphatic rings. The Morgan fingerprint density at radius 1 is 1.33 bits per heavy atom. The maximum atomic E-state index is 9.73. The summed E-state index contributed by atoms with van der Waals surface area (Å²) in [6, 6.07) is 10.3. The summed E-state index contributed by atoms with van der Waals surface area (Å²) in [7, 11) is 0. The fourth-order valence-corrected chi connectivity index (χ4v) is 1.97. The van der Waals surface area contributed by atoms with E-state index in [1.54, 1.807) is 0 Å². The molecule has 0 amide bonds. The molecule has 0 bridgehead atoms. The summed E-state index contributed by atoms with van der Waals surface area (Å²) >= 11 is 4.57. The van der Waals surface area contributed by atoms with Crippen molar-refractivity contribution in [2.75, 3.05) is 4.43 Å². The van der Waals surface area contributed by atoms with Crippen LogP contribution in [0.25, 0.3) is 0 Å². The fraction of sp³-hybridized carbons (Fsp3) is 0.333. The third kappa shape index (κ3) is 5.87. The predicted molar refractivity (Wildman–Crippen MR) is 81.8 cm³/mol. The number of aliphatic hydroxyl groups excluding tert-OH is 1. The molecule has 0 aliphatic carbocycles. The standard InChI is InChI=1S/C12H14I2O/c13-9-11(14)8-12(15)7-6-10-4-2-1-3-5-10/h1-5,8,12,15H,6-7,9H2/b11-8-. The Hall–Kier alpha value is 0.380. The van der Waals surface area contributed by atoms with Gasteiger partial charge in [-0.15, -0.1) is 0 Å². The molecule has 0 saturated carbocycles. The van der Waals surface area contributed by atoms with Gasteiger partial charge in [0, 0.05) is 4.43 Å². The average molecular weight is 428 g/mol. The van der Waals surface area contributed by atoms with Crippen molar-refractivity contribution in [2.45, 2.75) is 18.9 Å². The van der Waals surface area contributed by atoms with Crippen LogP contribution in [0, 0.1) is 0 Å². The van der Waals surface area contributed by atoms with E-state index < -0.39 is 0 Å². The largest absolute Gasteiger partial charge is 0.389 e. The summed E-state index contributed by atoms with van der Waals surface area (Å²) in [5.74, 6) is 0. The van der Waals surface area contributed by atoms with E-state index >= 15 is 0 Å². The Morgan fingerprint density at radius 3 is 2.60 bits per heavy atom. The molecule has 0 heterocycles. The van der Waals surface area contributed by atoms with Gasteiger partial charge in [-0.3, -0.25) is 0 Å². The zero-order chi connectivity index (χ0) is 11.1. The molecule has 1 aromatic carbocycles. The smallest absolute Gasteiger partial charge is 0.0734 e. The van der Waals surface area contributed by atoms with E-state index in [0.717, 1.165) is 17.3 Å². The Morgan fingerprint density at radius 2 is 2.00 bits per heavy atom. The first kappa shape index (κ1) is 13.4. The quantitative estimate of drug-likeness (QED) is 0.560. The number of hydrogen-bond acceptors (Lipinski definition) is 1. The number of benzene rings is 1. The van der Waals surface area contributed by atoms with Gasteiger partial charge < -0.3 is 5.11 Å². The highest BCUT2D eigenvalue weighted by atomic mass is 127. The van der Waals surface area contributed by atoms with Crippen molar-refractivity contribution >= 4 is 45.2 Å². The number of aliphatic hydroxyl groups is 1. The van der Waals surface area contributed by atoms with Gasteiger partial charge in [0.25, 0.3) is 0 Å². The maximum absolute atomic E-state index is 9.73. The molecule has 15 heavy (non-hydrogen) atoms. The molecular formula is C12H14I2O. The zero-order valence-corrected chi connectivity index (χ0v) is 12.7. The van der Waals surface area contributed by atoms with Crippen molar-refractivity contribution < 1.29 is 5.11 Å². The van der Waals surface area contributed by atoms with Crippen LogP contribution in [-0.2, 0) is 6.42 Å². The van der Waals surface area contributed by atoms with Crippen LogP contribution >= 0.6 is 45.2 Å². The van der Waals surface area contributed by atoms with Gasteiger partial charge in [0.1, 0.15) is 0 Å². The van der Waals surface area contributed by atoms with E-state index in [0.29, 0.717) is 0 Å². The molecule has 82 valence electrons. The Kier molecular flexibility index (Phi) is 6.83. The van der Waals surface area contributed by atoms with E-state index in [9.17, 15) is 5.11 Å². The molecule has 1 rings (SSSR count). The minimum atomic E-state index is -0.313. The minimum Gasteiger partial charge on any atom is -0.389 e. The Bertz CT molecular complexity index is 309. The number of hydrogen-bond donors (Lipinski definition) is 1. The summed E-state index contributed by atoms with van der Waals surface area (Å²) in [5, 5.41) is 9.73. The SMILES string of the molecule is OC(/C=C(\I)CI)CCc1ccccc1. The molecule has 0 aromatic heterocycles. The molecule has 3 heteroatoms. The van der Waals surface area contributed by atoms with Crippen molar-refractivity contribution in [3.8, 4) is 0 Å². The van der Waals surface area contributed by atoms with Crippen LogP contribution in [0.2, 0.25) is 0 Å². The van der Waals surface area contributed by atoms with E-state index in [1.165, 1.54) is 9.14 Å². The average Bonchev–Trinajstić information content (AvgIpc) is 2.27. The van der Waals surface area contributed by atoms with E-state index in [2.05, 4.69) is 57.3 Å². The van der Waals surface area contributed by atoms with Gasteiger partial charge in [0.05, 0.1) is 6.10 Å². The van der Waals surface area contributed by atoms with Gasteiger partial charge in [-0.25, -0.2) is 0 Å². The van der Waals surface area contributed by atoms with Crippen LogP contribution in [0.3, 0.4) is 0 Å². The number of allylic oxidation sites excluding steroid dienone is 1. The number of alkyl halides is 1. The first-order valence-electron chi connectivity index (χ1n) is 4.86. The monoisotopic (exact) mass is 428 g/mol. The van der Waals surface area contributed by atoms with E-state index in [1.807, 2.05) is 24.3 Å². The summed E-state index contributed by atoms with van der Waals surface area (Å²) in [4.78, 5) is 0. The van der Waals surface area contributed by atoms with Crippen LogP contribution < -0.4 is 0 Å². The van der Waals surface area contributed by atoms with Crippen LogP contribution in [0.5, 0.6) is 0 Å². The maximum Gasteiger partial charge on any atom is 0.0734 e. The summed E-state index contributed by atoms with van der Waals surface area (Å²) < 4.78 is 2.19. The second-order valence-corrected chi connectivity index (χ2v) is 5.49. The fourth-order valence-electron chi connectivity index (χ4n) is 1.30. The highest BCUT2D eigenvalue weighted by molar-refractivity contribution is 14.1. The molecule has 1 nitrogen and oxygen atoms in total. The van der Waals surface area contributed by atoms with Gasteiger partial charge in [-0.05, 0) is 50.7 Å². The van der Waals surface area contributed by atoms with Crippen molar-refractivity contribution in [3.05, 3.63) is 45.6 Å². The van der Waals surface area contributed by atoms with Gasteiger partial charge >= 0.3 is 0 Å². The van der Waals surface area contributed by atoms with Crippen LogP contribution in [-0.4, -0.2) is 15.6 Å². The molecule has 0 saturated heterocycles. The summed E-state index contributed by atoms with van der Waals surface area (Å²) in [5.41, 5.74) is 1.29. The van der Waals surface area contributed by atoms with Crippen molar-refractivity contribution in [2.24, 2.45) is 0 Å². The van der Waals surface area contributed by atoms with Crippen molar-refractivity contribution in [1.29, 1.82) is 0 Å². The second-order valence-electron chi connectivity index (χ2n) is 3.34. The predicted octanol–water partition coefficient (Wildman–Crippen LogP) is 3.73. The van der Waals surface area contributed by atoms with E-state index in [4.69, 9.17) is 0 Å². The lowest BCUT2D eigenvalue weighted by atomic mass is 10.1. The van der Waals surface area contributed by atoms with Crippen molar-refractivity contribution in [3.63, 3.8) is 0 Å². The Labute approximate surface area is 118 Å². The topological polar surface area (TPSA) is 20.2 Å². The molecule has 1 unspecified atom stereocenters. The zero-order valence-electron chi connectivity index (χ0n) is 8.37. The highest BCUT2D eigenvalue weighted by Gasteiger charge is 2.01. The molecule has 0 spiro atoms. The van der Waals surface area contributed by atoms with Crippen LogP contribution in [0.15, 0.2) is 40.0 Å². The molecule has 1 aromatic rings. The lowest BCUT2D eigenvalue weighted by Gasteiger charge is -2.06. The highest BCUT2D eigenvalue weighted by Crippen LogP contribution is 2.13. The van der Waals surface area contributed by atoms with Gasteiger partial charge in [-0.1, -0.05) is 52.9 Å². The third-order valence-corrected chi connectivity index (χ3v) is 5.09. The molecule has 0 aliphatic heterocycles. The van der Waals surface area contributed by atoms with E-state index in [-0.39, 0.29) is 6.10 Å². The number of halogens is 2.